The maximum absolute atomic E-state index is 6.16. The average molecular weight is 210 g/mol. The topological polar surface area (TPSA) is 29.3 Å². The molecule has 0 aromatic rings. The summed E-state index contributed by atoms with van der Waals surface area (Å²) in [4.78, 5) is 2.69. The van der Waals surface area contributed by atoms with Crippen LogP contribution in [-0.2, 0) is 0 Å². The van der Waals surface area contributed by atoms with Gasteiger partial charge in [0.1, 0.15) is 0 Å². The fourth-order valence-electron chi connectivity index (χ4n) is 3.22. The molecule has 1 aliphatic heterocycles. The molecule has 0 amide bonds. The molecule has 0 aromatic carbocycles. The highest BCUT2D eigenvalue weighted by Gasteiger charge is 2.37. The molecular formula is C13H26N2. The second kappa shape index (κ2) is 4.84. The van der Waals surface area contributed by atoms with Gasteiger partial charge in [0, 0.05) is 25.2 Å². The highest BCUT2D eigenvalue weighted by molar-refractivity contribution is 4.91. The molecule has 0 bridgehead atoms. The van der Waals surface area contributed by atoms with Crippen molar-refractivity contribution < 1.29 is 0 Å². The van der Waals surface area contributed by atoms with Crippen molar-refractivity contribution in [2.75, 3.05) is 13.1 Å². The molecule has 3 unspecified atom stereocenters. The molecule has 2 fully saturated rings. The summed E-state index contributed by atoms with van der Waals surface area (Å²) in [6.07, 6.45) is 6.77. The van der Waals surface area contributed by atoms with Gasteiger partial charge in [-0.05, 0) is 37.5 Å². The summed E-state index contributed by atoms with van der Waals surface area (Å²) in [7, 11) is 0. The highest BCUT2D eigenvalue weighted by Crippen LogP contribution is 2.38. The lowest BCUT2D eigenvalue weighted by atomic mass is 9.90. The van der Waals surface area contributed by atoms with Gasteiger partial charge < -0.3 is 5.73 Å². The van der Waals surface area contributed by atoms with Crippen molar-refractivity contribution >= 4 is 0 Å². The van der Waals surface area contributed by atoms with Crippen molar-refractivity contribution in [2.45, 2.75) is 58.0 Å². The number of piperidine rings is 1. The first-order chi connectivity index (χ1) is 7.24. The minimum absolute atomic E-state index is 0.427. The molecular weight excluding hydrogens is 184 g/mol. The normalized spacial score (nSPS) is 35.4. The van der Waals surface area contributed by atoms with Crippen LogP contribution in [-0.4, -0.2) is 30.1 Å². The third-order valence-electron chi connectivity index (χ3n) is 4.23. The van der Waals surface area contributed by atoms with Gasteiger partial charge in [-0.2, -0.15) is 0 Å². The van der Waals surface area contributed by atoms with Gasteiger partial charge in [-0.15, -0.1) is 0 Å². The van der Waals surface area contributed by atoms with Gasteiger partial charge >= 0.3 is 0 Å². The van der Waals surface area contributed by atoms with Crippen molar-refractivity contribution in [1.29, 1.82) is 0 Å². The smallest absolute Gasteiger partial charge is 0.0171 e. The van der Waals surface area contributed by atoms with Crippen LogP contribution in [0.4, 0.5) is 0 Å². The highest BCUT2D eigenvalue weighted by atomic mass is 15.2. The third-order valence-corrected chi connectivity index (χ3v) is 4.23. The van der Waals surface area contributed by atoms with E-state index in [1.165, 1.54) is 38.6 Å². The van der Waals surface area contributed by atoms with E-state index in [1.54, 1.807) is 0 Å². The quantitative estimate of drug-likeness (QED) is 0.771. The molecule has 2 nitrogen and oxygen atoms in total. The molecule has 1 aliphatic carbocycles. The van der Waals surface area contributed by atoms with Gasteiger partial charge in [0.15, 0.2) is 0 Å². The van der Waals surface area contributed by atoms with Gasteiger partial charge in [0.2, 0.25) is 0 Å². The first-order valence-corrected chi connectivity index (χ1v) is 6.74. The zero-order valence-electron chi connectivity index (χ0n) is 10.3. The first kappa shape index (κ1) is 11.4. The average Bonchev–Trinajstić information content (AvgIpc) is 3.02. The van der Waals surface area contributed by atoms with Gasteiger partial charge in [-0.3, -0.25) is 4.90 Å². The Balaban J connectivity index is 1.94. The van der Waals surface area contributed by atoms with Gasteiger partial charge in [0.25, 0.3) is 0 Å². The minimum atomic E-state index is 0.427. The molecule has 1 saturated heterocycles. The van der Waals surface area contributed by atoms with Crippen molar-refractivity contribution in [3.63, 3.8) is 0 Å². The van der Waals surface area contributed by atoms with Crippen molar-refractivity contribution in [3.8, 4) is 0 Å². The summed E-state index contributed by atoms with van der Waals surface area (Å²) in [5, 5.41) is 0. The molecule has 0 radical (unpaired) electrons. The molecule has 1 heterocycles. The van der Waals surface area contributed by atoms with Crippen LogP contribution < -0.4 is 5.73 Å². The van der Waals surface area contributed by atoms with Crippen LogP contribution in [0.5, 0.6) is 0 Å². The number of nitrogens with zero attached hydrogens (tertiary/aromatic N) is 1. The Labute approximate surface area is 94.2 Å². The lowest BCUT2D eigenvalue weighted by Crippen LogP contribution is -2.51. The second-order valence-corrected chi connectivity index (χ2v) is 5.54. The molecule has 0 aromatic heterocycles. The van der Waals surface area contributed by atoms with Crippen LogP contribution in [0, 0.1) is 11.8 Å². The van der Waals surface area contributed by atoms with E-state index in [9.17, 15) is 0 Å². The SMILES string of the molecule is CCC1CC(N)CN(C(CC)C2CC2)C1. The van der Waals surface area contributed by atoms with E-state index >= 15 is 0 Å². The van der Waals surface area contributed by atoms with E-state index in [0.717, 1.165) is 24.4 Å². The summed E-state index contributed by atoms with van der Waals surface area (Å²) in [5.74, 6) is 1.85. The number of hydrogen-bond acceptors (Lipinski definition) is 2. The van der Waals surface area contributed by atoms with E-state index in [0.29, 0.717) is 6.04 Å². The Morgan fingerprint density at radius 2 is 2.00 bits per heavy atom. The Bertz CT molecular complexity index is 201. The summed E-state index contributed by atoms with van der Waals surface area (Å²) in [6, 6.07) is 1.27. The predicted octanol–water partition coefficient (Wildman–Crippen LogP) is 2.23. The van der Waals surface area contributed by atoms with Crippen LogP contribution in [0.1, 0.15) is 46.0 Å². The fourth-order valence-corrected chi connectivity index (χ4v) is 3.22. The molecule has 2 rings (SSSR count). The molecule has 15 heavy (non-hydrogen) atoms. The van der Waals surface area contributed by atoms with Crippen LogP contribution in [0.2, 0.25) is 0 Å². The Kier molecular flexibility index (Phi) is 3.68. The maximum atomic E-state index is 6.16. The Morgan fingerprint density at radius 3 is 2.53 bits per heavy atom. The Hall–Kier alpha value is -0.0800. The third kappa shape index (κ3) is 2.73. The van der Waals surface area contributed by atoms with E-state index in [4.69, 9.17) is 5.73 Å². The van der Waals surface area contributed by atoms with E-state index in [1.807, 2.05) is 0 Å². The summed E-state index contributed by atoms with van der Waals surface area (Å²) in [5.41, 5.74) is 6.16. The molecule has 0 spiro atoms. The lowest BCUT2D eigenvalue weighted by molar-refractivity contribution is 0.0928. The predicted molar refractivity (Wildman–Crippen MR) is 64.7 cm³/mol. The fraction of sp³-hybridized carbons (Fsp3) is 1.00. The van der Waals surface area contributed by atoms with Crippen molar-refractivity contribution in [3.05, 3.63) is 0 Å². The summed E-state index contributed by atoms with van der Waals surface area (Å²) in [6.45, 7) is 7.09. The second-order valence-electron chi connectivity index (χ2n) is 5.54. The van der Waals surface area contributed by atoms with E-state index in [-0.39, 0.29) is 0 Å². The molecule has 1 saturated carbocycles. The number of likely N-dealkylation sites (tertiary alicyclic amines) is 1. The zero-order chi connectivity index (χ0) is 10.8. The first-order valence-electron chi connectivity index (χ1n) is 6.74. The monoisotopic (exact) mass is 210 g/mol. The zero-order valence-corrected chi connectivity index (χ0v) is 10.3. The molecule has 2 heteroatoms. The van der Waals surface area contributed by atoms with Crippen molar-refractivity contribution in [1.82, 2.24) is 4.90 Å². The van der Waals surface area contributed by atoms with Gasteiger partial charge in [0.05, 0.1) is 0 Å². The van der Waals surface area contributed by atoms with Crippen molar-refractivity contribution in [2.24, 2.45) is 17.6 Å². The number of rotatable bonds is 4. The lowest BCUT2D eigenvalue weighted by Gasteiger charge is -2.40. The minimum Gasteiger partial charge on any atom is -0.327 e. The molecule has 2 aliphatic rings. The largest absolute Gasteiger partial charge is 0.327 e. The van der Waals surface area contributed by atoms with E-state index in [2.05, 4.69) is 18.7 Å². The van der Waals surface area contributed by atoms with Crippen LogP contribution in [0.25, 0.3) is 0 Å². The number of nitrogens with two attached hydrogens (primary N) is 1. The van der Waals surface area contributed by atoms with Gasteiger partial charge in [-0.1, -0.05) is 20.3 Å². The van der Waals surface area contributed by atoms with E-state index < -0.39 is 0 Å². The summed E-state index contributed by atoms with van der Waals surface area (Å²) >= 11 is 0. The standard InChI is InChI=1S/C13H26N2/c1-3-10-7-12(14)9-15(8-10)13(4-2)11-5-6-11/h10-13H,3-9,14H2,1-2H3. The molecule has 88 valence electrons. The number of hydrogen-bond donors (Lipinski definition) is 1. The maximum Gasteiger partial charge on any atom is 0.0171 e. The van der Waals surface area contributed by atoms with Gasteiger partial charge in [-0.25, -0.2) is 0 Å². The van der Waals surface area contributed by atoms with Crippen LogP contribution in [0.15, 0.2) is 0 Å². The van der Waals surface area contributed by atoms with Crippen LogP contribution in [0.3, 0.4) is 0 Å². The molecule has 2 N–H and O–H groups in total. The molecule has 3 atom stereocenters. The summed E-state index contributed by atoms with van der Waals surface area (Å²) < 4.78 is 0. The van der Waals surface area contributed by atoms with Crippen LogP contribution >= 0.6 is 0 Å². The Morgan fingerprint density at radius 1 is 1.27 bits per heavy atom.